The van der Waals surface area contributed by atoms with Gasteiger partial charge in [-0.3, -0.25) is 19.5 Å². The van der Waals surface area contributed by atoms with Crippen LogP contribution in [0.15, 0.2) is 29.1 Å². The number of amides is 2. The molecule has 0 radical (unpaired) electrons. The van der Waals surface area contributed by atoms with Gasteiger partial charge in [0, 0.05) is 23.2 Å². The quantitative estimate of drug-likeness (QED) is 0.513. The number of halogens is 1. The number of carbonyl (C=O) groups excluding carboxylic acids is 2. The van der Waals surface area contributed by atoms with Gasteiger partial charge in [0.2, 0.25) is 15.9 Å². The van der Waals surface area contributed by atoms with E-state index in [1.54, 1.807) is 19.1 Å². The van der Waals surface area contributed by atoms with Gasteiger partial charge in [0.05, 0.1) is 24.2 Å². The summed E-state index contributed by atoms with van der Waals surface area (Å²) in [5, 5.41) is 5.32. The second-order valence-electron chi connectivity index (χ2n) is 6.29. The lowest BCUT2D eigenvalue weighted by atomic mass is 10.1. The van der Waals surface area contributed by atoms with Gasteiger partial charge in [-0.05, 0) is 32.2 Å². The highest BCUT2D eigenvalue weighted by Gasteiger charge is 2.15. The van der Waals surface area contributed by atoms with Crippen LogP contribution >= 0.6 is 11.6 Å². The number of nitrogens with zero attached hydrogens (tertiary/aromatic N) is 2. The van der Waals surface area contributed by atoms with Crippen LogP contribution in [0.3, 0.4) is 0 Å². The number of anilines is 1. The molecule has 168 valence electrons. The van der Waals surface area contributed by atoms with Gasteiger partial charge in [-0.25, -0.2) is 22.9 Å². The summed E-state index contributed by atoms with van der Waals surface area (Å²) < 4.78 is 30.6. The highest BCUT2D eigenvalue weighted by Crippen LogP contribution is 2.29. The molecule has 0 spiro atoms. The average Bonchev–Trinajstić information content (AvgIpc) is 2.70. The third-order valence-corrected chi connectivity index (χ3v) is 5.78. The molecule has 0 atom stereocenters. The number of nitrogens with one attached hydrogen (secondary N) is 3. The second kappa shape index (κ2) is 10.4. The molecule has 0 bridgehead atoms. The van der Waals surface area contributed by atoms with E-state index >= 15 is 0 Å². The molecule has 1 aromatic heterocycles. The van der Waals surface area contributed by atoms with Crippen LogP contribution in [0.4, 0.5) is 10.5 Å². The Morgan fingerprint density at radius 1 is 1.26 bits per heavy atom. The molecule has 0 unspecified atom stereocenters. The number of benzene rings is 1. The maximum absolute atomic E-state index is 12.6. The summed E-state index contributed by atoms with van der Waals surface area (Å²) in [7, 11) is -0.964. The van der Waals surface area contributed by atoms with E-state index in [0.717, 1.165) is 4.57 Å². The first-order chi connectivity index (χ1) is 14.6. The lowest BCUT2D eigenvalue weighted by Gasteiger charge is -2.14. The summed E-state index contributed by atoms with van der Waals surface area (Å²) in [6, 6.07) is 5.88. The molecule has 31 heavy (non-hydrogen) atoms. The maximum Gasteiger partial charge on any atom is 0.411 e. The smallest absolute Gasteiger partial charge is 0.411 e. The highest BCUT2D eigenvalue weighted by molar-refractivity contribution is 7.89. The normalized spacial score (nSPS) is 11.1. The molecule has 0 fully saturated rings. The third kappa shape index (κ3) is 6.77. The van der Waals surface area contributed by atoms with E-state index in [9.17, 15) is 22.8 Å². The number of carbonyl (C=O) groups is 2. The number of hydrogen-bond donors (Lipinski definition) is 3. The lowest BCUT2D eigenvalue weighted by Crippen LogP contribution is -2.37. The zero-order valence-corrected chi connectivity index (χ0v) is 18.6. The van der Waals surface area contributed by atoms with Crippen molar-refractivity contribution >= 4 is 39.3 Å². The van der Waals surface area contributed by atoms with E-state index in [1.807, 2.05) is 0 Å². The van der Waals surface area contributed by atoms with Gasteiger partial charge in [-0.2, -0.15) is 0 Å². The molecule has 0 saturated carbocycles. The van der Waals surface area contributed by atoms with Crippen molar-refractivity contribution in [2.24, 2.45) is 0 Å². The highest BCUT2D eigenvalue weighted by atomic mass is 35.5. The van der Waals surface area contributed by atoms with Crippen molar-refractivity contribution in [1.29, 1.82) is 0 Å². The fourth-order valence-electron chi connectivity index (χ4n) is 2.58. The van der Waals surface area contributed by atoms with Crippen molar-refractivity contribution < 1.29 is 22.7 Å². The van der Waals surface area contributed by atoms with Crippen molar-refractivity contribution in [3.05, 3.63) is 45.5 Å². The summed E-state index contributed by atoms with van der Waals surface area (Å²) in [5.74, 6) is -0.572. The molecule has 0 saturated heterocycles. The summed E-state index contributed by atoms with van der Waals surface area (Å²) in [6.45, 7) is 1.12. The molecule has 0 aliphatic carbocycles. The van der Waals surface area contributed by atoms with E-state index in [2.05, 4.69) is 25.1 Å². The Morgan fingerprint density at radius 3 is 2.58 bits per heavy atom. The molecule has 2 aromatic rings. The zero-order chi connectivity index (χ0) is 23.2. The van der Waals surface area contributed by atoms with E-state index < -0.39 is 27.6 Å². The van der Waals surface area contributed by atoms with E-state index in [1.165, 1.54) is 26.3 Å². The first-order valence-corrected chi connectivity index (χ1v) is 11.0. The number of hydrogen-bond acceptors (Lipinski definition) is 7. The van der Waals surface area contributed by atoms with Gasteiger partial charge < -0.3 is 10.1 Å². The zero-order valence-electron chi connectivity index (χ0n) is 17.1. The Bertz CT molecular complexity index is 1150. The minimum atomic E-state index is -3.45. The SMILES string of the molecule is CNS(=O)(=O)CCNC(=O)Cn1c(C)nc(-c2ccc(Cl)cc2NC(=O)OC)cc1=O. The maximum atomic E-state index is 12.6. The van der Waals surface area contributed by atoms with Crippen molar-refractivity contribution in [2.45, 2.75) is 13.5 Å². The van der Waals surface area contributed by atoms with E-state index in [0.29, 0.717) is 16.3 Å². The number of aromatic nitrogens is 2. The van der Waals surface area contributed by atoms with Crippen LogP contribution < -0.4 is 20.9 Å². The Labute approximate surface area is 183 Å². The van der Waals surface area contributed by atoms with E-state index in [4.69, 9.17) is 11.6 Å². The molecule has 1 heterocycles. The van der Waals surface area contributed by atoms with Crippen molar-refractivity contribution in [3.8, 4) is 11.3 Å². The number of aryl methyl sites for hydroxylation is 1. The largest absolute Gasteiger partial charge is 0.453 e. The number of rotatable bonds is 8. The number of ether oxygens (including phenoxy) is 1. The van der Waals surface area contributed by atoms with Gasteiger partial charge in [0.15, 0.2) is 0 Å². The summed E-state index contributed by atoms with van der Waals surface area (Å²) in [5.41, 5.74) is 0.498. The van der Waals surface area contributed by atoms with Crippen molar-refractivity contribution in [3.63, 3.8) is 0 Å². The molecule has 0 aliphatic heterocycles. The number of methoxy groups -OCH3 is 1. The fraction of sp³-hybridized carbons (Fsp3) is 0.333. The van der Waals surface area contributed by atoms with Crippen LogP contribution in [-0.4, -0.2) is 56.4 Å². The molecule has 3 N–H and O–H groups in total. The molecule has 11 nitrogen and oxygen atoms in total. The Hall–Kier alpha value is -2.96. The van der Waals surface area contributed by atoms with Crippen LogP contribution in [0.5, 0.6) is 0 Å². The molecular weight excluding hydrogens is 450 g/mol. The monoisotopic (exact) mass is 471 g/mol. The molecule has 2 amide bonds. The summed E-state index contributed by atoms with van der Waals surface area (Å²) >= 11 is 5.99. The first-order valence-electron chi connectivity index (χ1n) is 8.97. The minimum Gasteiger partial charge on any atom is -0.453 e. The molecular formula is C18H22ClN5O6S. The van der Waals surface area contributed by atoms with Crippen LogP contribution in [0.1, 0.15) is 5.82 Å². The Balaban J connectivity index is 2.24. The average molecular weight is 472 g/mol. The van der Waals surface area contributed by atoms with Crippen LogP contribution in [0.25, 0.3) is 11.3 Å². The predicted octanol–water partition coefficient (Wildman–Crippen LogP) is 0.716. The van der Waals surface area contributed by atoms with Gasteiger partial charge in [-0.1, -0.05) is 11.6 Å². The first kappa shape index (κ1) is 24.3. The standard InChI is InChI=1S/C18H22ClN5O6S/c1-11-22-15(13-5-4-12(19)8-14(13)23-18(27)30-3)9-17(26)24(11)10-16(25)21-6-7-31(28,29)20-2/h4-5,8-9,20H,6-7,10H2,1-3H3,(H,21,25)(H,23,27). The van der Waals surface area contributed by atoms with Crippen molar-refractivity contribution in [2.75, 3.05) is 31.8 Å². The second-order valence-corrected chi connectivity index (χ2v) is 8.77. The molecule has 13 heteroatoms. The topological polar surface area (TPSA) is 148 Å². The molecule has 1 aromatic carbocycles. The number of sulfonamides is 1. The predicted molar refractivity (Wildman–Crippen MR) is 116 cm³/mol. The van der Waals surface area contributed by atoms with Crippen LogP contribution in [-0.2, 0) is 26.1 Å². The van der Waals surface area contributed by atoms with E-state index in [-0.39, 0.29) is 30.4 Å². The lowest BCUT2D eigenvalue weighted by molar-refractivity contribution is -0.121. The summed E-state index contributed by atoms with van der Waals surface area (Å²) in [4.78, 5) is 40.7. The summed E-state index contributed by atoms with van der Waals surface area (Å²) in [6.07, 6.45) is -0.717. The van der Waals surface area contributed by atoms with Crippen LogP contribution in [0.2, 0.25) is 5.02 Å². The van der Waals surface area contributed by atoms with Gasteiger partial charge >= 0.3 is 6.09 Å². The van der Waals surface area contributed by atoms with Gasteiger partial charge in [-0.15, -0.1) is 0 Å². The van der Waals surface area contributed by atoms with Gasteiger partial charge in [0.25, 0.3) is 5.56 Å². The Morgan fingerprint density at radius 2 is 1.97 bits per heavy atom. The molecule has 2 rings (SSSR count). The fourth-order valence-corrected chi connectivity index (χ4v) is 3.33. The third-order valence-electron chi connectivity index (χ3n) is 4.18. The van der Waals surface area contributed by atoms with Gasteiger partial charge in [0.1, 0.15) is 12.4 Å². The van der Waals surface area contributed by atoms with Crippen molar-refractivity contribution in [1.82, 2.24) is 19.6 Å². The Kier molecular flexibility index (Phi) is 8.14. The minimum absolute atomic E-state index is 0.103. The van der Waals surface area contributed by atoms with Crippen LogP contribution in [0, 0.1) is 6.92 Å². The molecule has 0 aliphatic rings.